The predicted molar refractivity (Wildman–Crippen MR) is 91.9 cm³/mol. The molecule has 2 rings (SSSR count). The minimum atomic E-state index is -0.167. The molecule has 0 bridgehead atoms. The zero-order valence-corrected chi connectivity index (χ0v) is 15.6. The number of hydrogen-bond acceptors (Lipinski definition) is 2. The fourth-order valence-electron chi connectivity index (χ4n) is 3.28. The van der Waals surface area contributed by atoms with E-state index < -0.39 is 0 Å². The van der Waals surface area contributed by atoms with Gasteiger partial charge in [-0.1, -0.05) is 62.3 Å². The van der Waals surface area contributed by atoms with Gasteiger partial charge >= 0.3 is 6.03 Å². The first-order valence-corrected chi connectivity index (χ1v) is 8.14. The lowest BCUT2D eigenvalue weighted by Crippen LogP contribution is -2.48. The number of carbonyl (C=O) groups is 1. The summed E-state index contributed by atoms with van der Waals surface area (Å²) in [5.41, 5.74) is 2.22. The van der Waals surface area contributed by atoms with E-state index in [1.54, 1.807) is 0 Å². The molecule has 2 heterocycles. The summed E-state index contributed by atoms with van der Waals surface area (Å²) in [6, 6.07) is 0.0541. The molecule has 1 N–H and O–H groups in total. The van der Waals surface area contributed by atoms with Gasteiger partial charge in [0.05, 0.1) is 18.3 Å². The number of amidine groups is 1. The average Bonchev–Trinajstić information content (AvgIpc) is 2.66. The third kappa shape index (κ3) is 2.80. The number of carbonyl (C=O) groups excluding carboxylic acids is 1. The normalized spacial score (nSPS) is 23.5. The summed E-state index contributed by atoms with van der Waals surface area (Å²) in [5.74, 6) is 0.880. The van der Waals surface area contributed by atoms with Crippen molar-refractivity contribution in [3.63, 3.8) is 0 Å². The van der Waals surface area contributed by atoms with Crippen LogP contribution >= 0.6 is 0 Å². The van der Waals surface area contributed by atoms with Crippen molar-refractivity contribution in [2.75, 3.05) is 6.54 Å². The maximum absolute atomic E-state index is 12.4. The third-order valence-corrected chi connectivity index (χ3v) is 4.23. The third-order valence-electron chi connectivity index (χ3n) is 4.23. The summed E-state index contributed by atoms with van der Waals surface area (Å²) in [5, 5.41) is 2.99. The number of hydrogen-bond donors (Lipinski definition) is 1. The van der Waals surface area contributed by atoms with E-state index in [2.05, 4.69) is 67.6 Å². The van der Waals surface area contributed by atoms with Gasteiger partial charge in [-0.2, -0.15) is 0 Å². The molecule has 0 aromatic rings. The summed E-state index contributed by atoms with van der Waals surface area (Å²) in [7, 11) is 0. The van der Waals surface area contributed by atoms with Gasteiger partial charge in [-0.3, -0.25) is 9.89 Å². The largest absolute Gasteiger partial charge is 0.332 e. The zero-order valence-electron chi connectivity index (χ0n) is 15.6. The fraction of sp³-hybridized carbons (Fsp3) is 0.778. The molecular formula is C18H31N3O. The van der Waals surface area contributed by atoms with E-state index in [-0.39, 0.29) is 28.3 Å². The monoisotopic (exact) mass is 305 g/mol. The highest BCUT2D eigenvalue weighted by molar-refractivity contribution is 6.04. The highest BCUT2D eigenvalue weighted by Crippen LogP contribution is 2.45. The lowest BCUT2D eigenvalue weighted by atomic mass is 9.70. The Bertz CT molecular complexity index is 550. The Labute approximate surface area is 135 Å². The van der Waals surface area contributed by atoms with E-state index in [4.69, 9.17) is 4.99 Å². The van der Waals surface area contributed by atoms with Gasteiger partial charge in [0.1, 0.15) is 5.84 Å². The number of nitrogens with zero attached hydrogens (tertiary/aromatic N) is 2. The van der Waals surface area contributed by atoms with E-state index in [1.165, 1.54) is 5.57 Å². The molecule has 22 heavy (non-hydrogen) atoms. The van der Waals surface area contributed by atoms with Crippen molar-refractivity contribution in [1.29, 1.82) is 0 Å². The van der Waals surface area contributed by atoms with Crippen molar-refractivity contribution in [2.24, 2.45) is 21.2 Å². The fourth-order valence-corrected chi connectivity index (χ4v) is 3.28. The van der Waals surface area contributed by atoms with Crippen LogP contribution in [0.25, 0.3) is 0 Å². The van der Waals surface area contributed by atoms with Gasteiger partial charge in [0, 0.05) is 5.41 Å². The Kier molecular flexibility index (Phi) is 3.75. The van der Waals surface area contributed by atoms with Crippen LogP contribution in [0.5, 0.6) is 0 Å². The molecule has 2 aliphatic heterocycles. The second-order valence-corrected chi connectivity index (χ2v) is 9.58. The second-order valence-electron chi connectivity index (χ2n) is 9.58. The molecule has 1 unspecified atom stereocenters. The minimum absolute atomic E-state index is 0.0177. The minimum Gasteiger partial charge on any atom is -0.332 e. The van der Waals surface area contributed by atoms with Crippen molar-refractivity contribution in [2.45, 2.75) is 68.4 Å². The van der Waals surface area contributed by atoms with E-state index in [9.17, 15) is 4.79 Å². The molecule has 1 saturated heterocycles. The van der Waals surface area contributed by atoms with E-state index in [1.807, 2.05) is 4.90 Å². The molecule has 0 aromatic carbocycles. The van der Waals surface area contributed by atoms with Crippen molar-refractivity contribution in [3.8, 4) is 0 Å². The summed E-state index contributed by atoms with van der Waals surface area (Å²) in [4.78, 5) is 19.3. The number of rotatable bonds is 0. The first kappa shape index (κ1) is 17.0. The molecule has 0 saturated carbocycles. The maximum atomic E-state index is 12.4. The van der Waals surface area contributed by atoms with Crippen LogP contribution in [0, 0.1) is 16.2 Å². The van der Waals surface area contributed by atoms with Crippen LogP contribution in [0.3, 0.4) is 0 Å². The number of amides is 2. The van der Waals surface area contributed by atoms with Gasteiger partial charge < -0.3 is 5.32 Å². The molecular weight excluding hydrogens is 274 g/mol. The van der Waals surface area contributed by atoms with Gasteiger partial charge in [0.15, 0.2) is 0 Å². The molecule has 124 valence electrons. The van der Waals surface area contributed by atoms with E-state index in [0.29, 0.717) is 6.54 Å². The second kappa shape index (κ2) is 4.84. The van der Waals surface area contributed by atoms with Gasteiger partial charge in [-0.05, 0) is 16.4 Å². The summed E-state index contributed by atoms with van der Waals surface area (Å²) >= 11 is 0. The molecule has 0 spiro atoms. The van der Waals surface area contributed by atoms with Crippen LogP contribution in [-0.2, 0) is 0 Å². The Morgan fingerprint density at radius 3 is 1.95 bits per heavy atom. The number of nitrogens with one attached hydrogen (secondary N) is 1. The number of aliphatic imine (C=N–C) groups is 1. The lowest BCUT2D eigenvalue weighted by Gasteiger charge is -2.44. The average molecular weight is 305 g/mol. The topological polar surface area (TPSA) is 44.7 Å². The van der Waals surface area contributed by atoms with Crippen LogP contribution in [0.2, 0.25) is 0 Å². The van der Waals surface area contributed by atoms with Gasteiger partial charge in [0.25, 0.3) is 0 Å². The highest BCUT2D eigenvalue weighted by Gasteiger charge is 2.47. The summed E-state index contributed by atoms with van der Waals surface area (Å²) in [6.07, 6.45) is 0. The Morgan fingerprint density at radius 2 is 1.55 bits per heavy atom. The molecule has 0 aliphatic carbocycles. The predicted octanol–water partition coefficient (Wildman–Crippen LogP) is 4.18. The number of fused-ring (bicyclic) bond motifs is 1. The Hall–Kier alpha value is -1.32. The quantitative estimate of drug-likeness (QED) is 0.716. The summed E-state index contributed by atoms with van der Waals surface area (Å²) < 4.78 is 0. The molecule has 4 nitrogen and oxygen atoms in total. The van der Waals surface area contributed by atoms with Crippen LogP contribution in [0.1, 0.15) is 62.3 Å². The lowest BCUT2D eigenvalue weighted by molar-refractivity contribution is 0.230. The smallest absolute Gasteiger partial charge is 0.327 e. The Balaban J connectivity index is 2.72. The van der Waals surface area contributed by atoms with Crippen LogP contribution in [0.15, 0.2) is 16.3 Å². The van der Waals surface area contributed by atoms with E-state index >= 15 is 0 Å². The first-order chi connectivity index (χ1) is 9.74. The van der Waals surface area contributed by atoms with Crippen molar-refractivity contribution >= 4 is 11.9 Å². The highest BCUT2D eigenvalue weighted by atomic mass is 16.2. The molecule has 0 aromatic heterocycles. The molecule has 1 fully saturated rings. The van der Waals surface area contributed by atoms with Gasteiger partial charge in [-0.25, -0.2) is 4.79 Å². The van der Waals surface area contributed by atoms with Gasteiger partial charge in [-0.15, -0.1) is 0 Å². The van der Waals surface area contributed by atoms with Crippen LogP contribution in [-0.4, -0.2) is 29.4 Å². The van der Waals surface area contributed by atoms with Crippen LogP contribution < -0.4 is 5.32 Å². The van der Waals surface area contributed by atoms with Crippen molar-refractivity contribution < 1.29 is 4.79 Å². The molecule has 4 heteroatoms. The number of urea groups is 1. The SMILES string of the molecule is CC(C)(C)C1=NC(C(C)(C)C)C(C(C)(C)C)=C2CNC(=O)N12. The maximum Gasteiger partial charge on any atom is 0.327 e. The van der Waals surface area contributed by atoms with Crippen LogP contribution in [0.4, 0.5) is 4.79 Å². The molecule has 1 atom stereocenters. The van der Waals surface area contributed by atoms with Crippen molar-refractivity contribution in [3.05, 3.63) is 11.3 Å². The Morgan fingerprint density at radius 1 is 1.00 bits per heavy atom. The van der Waals surface area contributed by atoms with Crippen molar-refractivity contribution in [1.82, 2.24) is 10.2 Å². The molecule has 2 aliphatic rings. The molecule has 0 radical (unpaired) electrons. The first-order valence-electron chi connectivity index (χ1n) is 8.14. The van der Waals surface area contributed by atoms with Gasteiger partial charge in [0.2, 0.25) is 0 Å². The molecule has 2 amide bonds. The van der Waals surface area contributed by atoms with E-state index in [0.717, 1.165) is 11.5 Å². The zero-order chi connectivity index (χ0) is 17.1. The standard InChI is InChI=1S/C18H31N3O/c1-16(2,3)12-11-10-19-15(22)21(11)14(18(7,8)9)20-13(12)17(4,5)6/h13H,10H2,1-9H3,(H,19,22). The summed E-state index contributed by atoms with van der Waals surface area (Å²) in [6.45, 7) is 20.3.